The number of aromatic amines is 2. The Balaban J connectivity index is 1.04. The molecule has 1 saturated carbocycles. The number of rotatable bonds is 12. The van der Waals surface area contributed by atoms with Crippen LogP contribution in [0.1, 0.15) is 126 Å². The monoisotopic (exact) mass is 760 g/mol. The number of alkyl carbamates (subject to hydrolysis) is 1. The fourth-order valence-electron chi connectivity index (χ4n) is 8.47. The lowest BCUT2D eigenvalue weighted by Crippen LogP contribution is -2.51. The Hall–Kier alpha value is -4.25. The third kappa shape index (κ3) is 8.66. The first kappa shape index (κ1) is 39.4. The molecule has 14 heteroatoms. The molecule has 3 aliphatic rings. The van der Waals surface area contributed by atoms with Crippen molar-refractivity contribution < 1.29 is 23.9 Å². The van der Waals surface area contributed by atoms with E-state index >= 15 is 0 Å². The van der Waals surface area contributed by atoms with Crippen molar-refractivity contribution in [1.29, 1.82) is 0 Å². The maximum Gasteiger partial charge on any atom is 0.407 e. The third-order valence-electron chi connectivity index (χ3n) is 11.6. The highest BCUT2D eigenvalue weighted by Crippen LogP contribution is 2.41. The average Bonchev–Trinajstić information content (AvgIpc) is 4.02. The zero-order chi connectivity index (χ0) is 38.5. The summed E-state index contributed by atoms with van der Waals surface area (Å²) in [6.45, 7) is 10.9. The van der Waals surface area contributed by atoms with Gasteiger partial charge in [0.1, 0.15) is 23.7 Å². The van der Waals surface area contributed by atoms with Gasteiger partial charge >= 0.3 is 6.09 Å². The number of hydrogen-bond donors (Lipinski definition) is 4. The number of benzene rings is 1. The highest BCUT2D eigenvalue weighted by molar-refractivity contribution is 7.56. The Morgan fingerprint density at radius 1 is 0.759 bits per heavy atom. The lowest BCUT2D eigenvalue weighted by Gasteiger charge is -2.30. The number of imidazole rings is 2. The summed E-state index contributed by atoms with van der Waals surface area (Å²) in [4.78, 5) is 71.6. The second kappa shape index (κ2) is 17.5. The molecule has 54 heavy (non-hydrogen) atoms. The standard InChI is InChI=1S/C40H57N8O5P/c1-23(2)33(45-39(51)53-5)37(49)47-19-7-9-31(47)35-41-21-29(43-35)27-15-11-25(12-16-27)26-13-17-28(18-14-26)30-22-42-36(44-30)32-10-8-20-48(32)38(50)34(24(3)4)46-40(52)54-6/h11-12,15-16,21-24,26,28,31-34,54H,7-10,13-14,17-20H2,1-6H3,(H,41,43)(H,42,44)(H,45,51)(H,46,52)/t26?,28?,31-,32-,33?,34-/m0/s1. The fraction of sp³-hybridized carbons (Fsp3) is 0.600. The minimum absolute atomic E-state index is 0.00501. The summed E-state index contributed by atoms with van der Waals surface area (Å²) in [7, 11) is 1.41. The summed E-state index contributed by atoms with van der Waals surface area (Å²) in [5.41, 5.74) is 4.37. The van der Waals surface area contributed by atoms with E-state index < -0.39 is 18.2 Å². The maximum absolute atomic E-state index is 13.6. The topological polar surface area (TPSA) is 165 Å². The van der Waals surface area contributed by atoms with Gasteiger partial charge in [-0.05, 0) is 95.5 Å². The molecule has 2 aliphatic heterocycles. The molecule has 4 heterocycles. The van der Waals surface area contributed by atoms with Crippen LogP contribution in [0.5, 0.6) is 0 Å². The molecule has 2 aromatic heterocycles. The van der Waals surface area contributed by atoms with Crippen molar-refractivity contribution in [2.75, 3.05) is 26.9 Å². The zero-order valence-corrected chi connectivity index (χ0v) is 33.5. The van der Waals surface area contributed by atoms with Gasteiger partial charge in [-0.1, -0.05) is 52.0 Å². The number of ether oxygens (including phenoxy) is 1. The Kier molecular flexibility index (Phi) is 12.8. The van der Waals surface area contributed by atoms with Gasteiger partial charge in [-0.25, -0.2) is 14.8 Å². The number of nitrogens with one attached hydrogen (secondary N) is 4. The SMILES string of the molecule is COC(=O)NC(C(=O)N1CCC[C@H]1c1ncc(-c2ccc(C3CCC(c4cnc([C@@H]5CCCN5C(=O)[C@@H](NC(=O)PC)C(C)C)[nH]4)CC3)cc2)[nH]1)C(C)C. The first-order chi connectivity index (χ1) is 26.0. The Morgan fingerprint density at radius 3 is 1.85 bits per heavy atom. The van der Waals surface area contributed by atoms with Crippen LogP contribution < -0.4 is 10.6 Å². The lowest BCUT2D eigenvalue weighted by atomic mass is 9.77. The van der Waals surface area contributed by atoms with Crippen LogP contribution in [0.3, 0.4) is 0 Å². The number of carbonyl (C=O) groups is 4. The van der Waals surface area contributed by atoms with Gasteiger partial charge in [-0.2, -0.15) is 0 Å². The third-order valence-corrected chi connectivity index (χ3v) is 12.2. The summed E-state index contributed by atoms with van der Waals surface area (Å²) in [6, 6.07) is 7.29. The van der Waals surface area contributed by atoms with E-state index in [1.165, 1.54) is 12.7 Å². The van der Waals surface area contributed by atoms with Gasteiger partial charge in [0.2, 0.25) is 17.5 Å². The molecule has 2 unspecified atom stereocenters. The van der Waals surface area contributed by atoms with E-state index in [0.717, 1.165) is 80.0 Å². The number of methoxy groups -OCH3 is 1. The number of likely N-dealkylation sites (tertiary alicyclic amines) is 2. The van der Waals surface area contributed by atoms with E-state index in [2.05, 4.69) is 44.9 Å². The summed E-state index contributed by atoms with van der Waals surface area (Å²) in [6.07, 6.45) is 11.0. The molecule has 5 atom stereocenters. The number of H-pyrrole nitrogens is 2. The number of nitrogens with zero attached hydrogens (tertiary/aromatic N) is 4. The molecule has 0 spiro atoms. The van der Waals surface area contributed by atoms with Crippen molar-refractivity contribution in [2.24, 2.45) is 11.8 Å². The summed E-state index contributed by atoms with van der Waals surface area (Å²) < 4.78 is 4.76. The Labute approximate surface area is 320 Å². The largest absolute Gasteiger partial charge is 0.453 e. The van der Waals surface area contributed by atoms with Crippen LogP contribution in [0.2, 0.25) is 0 Å². The summed E-state index contributed by atoms with van der Waals surface area (Å²) >= 11 is 0. The molecule has 0 radical (unpaired) electrons. The first-order valence-electron chi connectivity index (χ1n) is 19.6. The van der Waals surface area contributed by atoms with Crippen LogP contribution in [-0.4, -0.2) is 92.2 Å². The van der Waals surface area contributed by atoms with Gasteiger partial charge in [0.05, 0.1) is 31.1 Å². The van der Waals surface area contributed by atoms with E-state index in [4.69, 9.17) is 14.7 Å². The normalized spacial score (nSPS) is 23.0. The molecule has 3 fully saturated rings. The predicted molar refractivity (Wildman–Crippen MR) is 210 cm³/mol. The number of aromatic nitrogens is 4. The second-order valence-electron chi connectivity index (χ2n) is 15.8. The van der Waals surface area contributed by atoms with Gasteiger partial charge in [0, 0.05) is 30.9 Å². The minimum Gasteiger partial charge on any atom is -0.453 e. The molecule has 3 aromatic rings. The van der Waals surface area contributed by atoms with Gasteiger partial charge in [0.15, 0.2) is 0 Å². The van der Waals surface area contributed by atoms with Crippen LogP contribution >= 0.6 is 8.58 Å². The van der Waals surface area contributed by atoms with Crippen molar-refractivity contribution >= 4 is 32.1 Å². The van der Waals surface area contributed by atoms with Gasteiger partial charge in [0.25, 0.3) is 0 Å². The van der Waals surface area contributed by atoms with Crippen molar-refractivity contribution in [3.63, 3.8) is 0 Å². The lowest BCUT2D eigenvalue weighted by molar-refractivity contribution is -0.136. The quantitative estimate of drug-likeness (QED) is 0.145. The number of carbonyl (C=O) groups excluding carboxylic acids is 4. The van der Waals surface area contributed by atoms with E-state index in [1.807, 2.05) is 56.6 Å². The molecule has 4 amide bonds. The van der Waals surface area contributed by atoms with E-state index in [9.17, 15) is 19.2 Å². The molecule has 1 aliphatic carbocycles. The molecule has 0 bridgehead atoms. The molecule has 1 aromatic carbocycles. The highest BCUT2D eigenvalue weighted by atomic mass is 31.1. The van der Waals surface area contributed by atoms with Crippen molar-refractivity contribution in [3.05, 3.63) is 59.6 Å². The predicted octanol–water partition coefficient (Wildman–Crippen LogP) is 6.99. The van der Waals surface area contributed by atoms with Crippen molar-refractivity contribution in [1.82, 2.24) is 40.4 Å². The first-order valence-corrected chi connectivity index (χ1v) is 21.1. The molecular weight excluding hydrogens is 703 g/mol. The fourth-order valence-corrected chi connectivity index (χ4v) is 8.77. The van der Waals surface area contributed by atoms with Crippen LogP contribution in [0.4, 0.5) is 9.59 Å². The Bertz CT molecular complexity index is 1760. The zero-order valence-electron chi connectivity index (χ0n) is 32.5. The maximum atomic E-state index is 13.6. The number of hydrogen-bond acceptors (Lipinski definition) is 7. The molecule has 2 saturated heterocycles. The van der Waals surface area contributed by atoms with Gasteiger partial charge < -0.3 is 35.1 Å². The molecule has 4 N–H and O–H groups in total. The van der Waals surface area contributed by atoms with Crippen LogP contribution in [0, 0.1) is 11.8 Å². The van der Waals surface area contributed by atoms with Crippen molar-refractivity contribution in [2.45, 2.75) is 115 Å². The van der Waals surface area contributed by atoms with E-state index in [0.29, 0.717) is 24.9 Å². The van der Waals surface area contributed by atoms with Crippen LogP contribution in [0.15, 0.2) is 36.7 Å². The molecule has 292 valence electrons. The van der Waals surface area contributed by atoms with Crippen LogP contribution in [0.25, 0.3) is 11.3 Å². The van der Waals surface area contributed by atoms with Crippen molar-refractivity contribution in [3.8, 4) is 11.3 Å². The smallest absolute Gasteiger partial charge is 0.407 e. The van der Waals surface area contributed by atoms with Crippen LogP contribution in [-0.2, 0) is 14.3 Å². The van der Waals surface area contributed by atoms with Gasteiger partial charge in [-0.15, -0.1) is 0 Å². The van der Waals surface area contributed by atoms with E-state index in [-0.39, 0.29) is 50.0 Å². The summed E-state index contributed by atoms with van der Waals surface area (Å²) in [5, 5.41) is 5.66. The average molecular weight is 761 g/mol. The van der Waals surface area contributed by atoms with Gasteiger partial charge in [-0.3, -0.25) is 14.4 Å². The molecule has 13 nitrogen and oxygen atoms in total. The summed E-state index contributed by atoms with van der Waals surface area (Å²) in [5.74, 6) is 2.27. The number of amides is 4. The molecular formula is C40H57N8O5P. The minimum atomic E-state index is -0.669. The highest BCUT2D eigenvalue weighted by Gasteiger charge is 2.39. The second-order valence-corrected chi connectivity index (χ2v) is 16.7. The Morgan fingerprint density at radius 2 is 1.30 bits per heavy atom. The van der Waals surface area contributed by atoms with E-state index in [1.54, 1.807) is 0 Å². The molecule has 6 rings (SSSR count).